The predicted octanol–water partition coefficient (Wildman–Crippen LogP) is 2.54. The number of halogens is 3. The Labute approximate surface area is 103 Å². The molecule has 0 radical (unpaired) electrons. The molecule has 2 rings (SSSR count). The number of anilines is 2. The molecule has 1 aliphatic carbocycles. The highest BCUT2D eigenvalue weighted by molar-refractivity contribution is 5.41. The van der Waals surface area contributed by atoms with Crippen LogP contribution in [0.4, 0.5) is 24.9 Å². The third-order valence-electron chi connectivity index (χ3n) is 3.28. The highest BCUT2D eigenvalue weighted by Crippen LogP contribution is 2.51. The number of nitrogens with two attached hydrogens (primary N) is 1. The summed E-state index contributed by atoms with van der Waals surface area (Å²) in [6, 6.07) is 0.881. The van der Waals surface area contributed by atoms with Crippen molar-refractivity contribution in [1.29, 1.82) is 0 Å². The Morgan fingerprint density at radius 2 is 2.06 bits per heavy atom. The molecule has 4 nitrogen and oxygen atoms in total. The van der Waals surface area contributed by atoms with Crippen molar-refractivity contribution in [2.45, 2.75) is 26.4 Å². The summed E-state index contributed by atoms with van der Waals surface area (Å²) < 4.78 is 37.5. The molecule has 1 aliphatic rings. The van der Waals surface area contributed by atoms with Gasteiger partial charge < -0.3 is 11.1 Å². The first-order valence-corrected chi connectivity index (χ1v) is 5.64. The average molecular weight is 260 g/mol. The van der Waals surface area contributed by atoms with Gasteiger partial charge in [0.15, 0.2) is 5.69 Å². The molecule has 1 aromatic rings. The molecule has 1 saturated carbocycles. The van der Waals surface area contributed by atoms with Gasteiger partial charge >= 0.3 is 6.18 Å². The standard InChI is InChI=1S/C11H15F3N4/c1-10(2)4-6(10)5-16-8-3-7(11(12,13)14)17-9(15)18-8/h3,6H,4-5H2,1-2H3,(H3,15,16,17,18). The average Bonchev–Trinajstić information content (AvgIpc) is 2.81. The van der Waals surface area contributed by atoms with Crippen LogP contribution in [0.15, 0.2) is 6.07 Å². The fraction of sp³-hybridized carbons (Fsp3) is 0.636. The van der Waals surface area contributed by atoms with Gasteiger partial charge in [-0.25, -0.2) is 4.98 Å². The van der Waals surface area contributed by atoms with Crippen LogP contribution in [0.25, 0.3) is 0 Å². The number of alkyl halides is 3. The van der Waals surface area contributed by atoms with Gasteiger partial charge in [-0.3, -0.25) is 0 Å². The summed E-state index contributed by atoms with van der Waals surface area (Å²) in [4.78, 5) is 6.93. The molecule has 0 spiro atoms. The zero-order valence-electron chi connectivity index (χ0n) is 10.2. The second kappa shape index (κ2) is 4.00. The van der Waals surface area contributed by atoms with Crippen molar-refractivity contribution in [3.63, 3.8) is 0 Å². The Morgan fingerprint density at radius 1 is 1.44 bits per heavy atom. The van der Waals surface area contributed by atoms with E-state index in [1.807, 2.05) is 0 Å². The van der Waals surface area contributed by atoms with Crippen LogP contribution < -0.4 is 11.1 Å². The fourth-order valence-electron chi connectivity index (χ4n) is 1.85. The van der Waals surface area contributed by atoms with Crippen LogP contribution in [-0.4, -0.2) is 16.5 Å². The van der Waals surface area contributed by atoms with Gasteiger partial charge in [0.25, 0.3) is 0 Å². The van der Waals surface area contributed by atoms with E-state index in [0.29, 0.717) is 12.5 Å². The Bertz CT molecular complexity index is 456. The van der Waals surface area contributed by atoms with E-state index in [2.05, 4.69) is 29.1 Å². The molecule has 0 saturated heterocycles. The SMILES string of the molecule is CC1(C)CC1CNc1cc(C(F)(F)F)nc(N)n1. The first kappa shape index (κ1) is 12.9. The minimum Gasteiger partial charge on any atom is -0.370 e. The van der Waals surface area contributed by atoms with Crippen molar-refractivity contribution in [3.8, 4) is 0 Å². The van der Waals surface area contributed by atoms with Gasteiger partial charge in [-0.15, -0.1) is 0 Å². The van der Waals surface area contributed by atoms with Crippen LogP contribution in [0, 0.1) is 11.3 Å². The Morgan fingerprint density at radius 3 is 2.56 bits per heavy atom. The summed E-state index contributed by atoms with van der Waals surface area (Å²) in [7, 11) is 0. The van der Waals surface area contributed by atoms with Gasteiger partial charge in [0.1, 0.15) is 5.82 Å². The van der Waals surface area contributed by atoms with Crippen molar-refractivity contribution in [3.05, 3.63) is 11.8 Å². The molecule has 100 valence electrons. The Kier molecular flexibility index (Phi) is 2.87. The second-order valence-electron chi connectivity index (χ2n) is 5.26. The summed E-state index contributed by atoms with van der Waals surface area (Å²) in [6.07, 6.45) is -3.45. The maximum Gasteiger partial charge on any atom is 0.433 e. The predicted molar refractivity (Wildman–Crippen MR) is 61.8 cm³/mol. The van der Waals surface area contributed by atoms with Crippen LogP contribution in [-0.2, 0) is 6.18 Å². The van der Waals surface area contributed by atoms with E-state index in [4.69, 9.17) is 5.73 Å². The Balaban J connectivity index is 2.07. The molecule has 1 fully saturated rings. The lowest BCUT2D eigenvalue weighted by molar-refractivity contribution is -0.141. The third-order valence-corrected chi connectivity index (χ3v) is 3.28. The lowest BCUT2D eigenvalue weighted by Crippen LogP contribution is -2.14. The summed E-state index contributed by atoms with van der Waals surface area (Å²) >= 11 is 0. The van der Waals surface area contributed by atoms with Crippen molar-refractivity contribution < 1.29 is 13.2 Å². The first-order valence-electron chi connectivity index (χ1n) is 5.64. The number of nitrogens with zero attached hydrogens (tertiary/aromatic N) is 2. The van der Waals surface area contributed by atoms with Crippen molar-refractivity contribution >= 4 is 11.8 Å². The molecular formula is C11H15F3N4. The molecule has 0 aromatic carbocycles. The van der Waals surface area contributed by atoms with Crippen LogP contribution in [0.2, 0.25) is 0 Å². The molecule has 1 unspecified atom stereocenters. The van der Waals surface area contributed by atoms with Gasteiger partial charge in [-0.2, -0.15) is 18.2 Å². The number of nitrogens with one attached hydrogen (secondary N) is 1. The number of hydrogen-bond acceptors (Lipinski definition) is 4. The number of nitrogen functional groups attached to an aromatic ring is 1. The van der Waals surface area contributed by atoms with Gasteiger partial charge in [-0.1, -0.05) is 13.8 Å². The molecular weight excluding hydrogens is 245 g/mol. The maximum absolute atomic E-state index is 12.5. The molecule has 18 heavy (non-hydrogen) atoms. The van der Waals surface area contributed by atoms with E-state index in [-0.39, 0.29) is 17.2 Å². The smallest absolute Gasteiger partial charge is 0.370 e. The zero-order chi connectivity index (χ0) is 13.6. The van der Waals surface area contributed by atoms with Gasteiger partial charge in [-0.05, 0) is 17.8 Å². The highest BCUT2D eigenvalue weighted by atomic mass is 19.4. The van der Waals surface area contributed by atoms with E-state index in [1.54, 1.807) is 0 Å². The quantitative estimate of drug-likeness (QED) is 0.876. The van der Waals surface area contributed by atoms with Crippen LogP contribution in [0.5, 0.6) is 0 Å². The maximum atomic E-state index is 12.5. The molecule has 7 heteroatoms. The van der Waals surface area contributed by atoms with E-state index in [0.717, 1.165) is 12.5 Å². The lowest BCUT2D eigenvalue weighted by Gasteiger charge is -2.10. The molecule has 0 amide bonds. The number of rotatable bonds is 3. The van der Waals surface area contributed by atoms with Crippen molar-refractivity contribution in [2.24, 2.45) is 11.3 Å². The van der Waals surface area contributed by atoms with Crippen molar-refractivity contribution in [2.75, 3.05) is 17.6 Å². The molecule has 1 heterocycles. The van der Waals surface area contributed by atoms with Crippen LogP contribution in [0.3, 0.4) is 0 Å². The van der Waals surface area contributed by atoms with Gasteiger partial charge in [0, 0.05) is 12.6 Å². The molecule has 1 atom stereocenters. The molecule has 1 aromatic heterocycles. The zero-order valence-corrected chi connectivity index (χ0v) is 10.2. The van der Waals surface area contributed by atoms with E-state index < -0.39 is 11.9 Å². The van der Waals surface area contributed by atoms with E-state index >= 15 is 0 Å². The van der Waals surface area contributed by atoms with Crippen LogP contribution in [0.1, 0.15) is 26.0 Å². The number of hydrogen-bond donors (Lipinski definition) is 2. The lowest BCUT2D eigenvalue weighted by atomic mass is 10.1. The third kappa shape index (κ3) is 2.83. The summed E-state index contributed by atoms with van der Waals surface area (Å²) in [5.74, 6) is 0.211. The molecule has 3 N–H and O–H groups in total. The normalized spacial score (nSPS) is 21.7. The summed E-state index contributed by atoms with van der Waals surface area (Å²) in [5, 5.41) is 2.88. The van der Waals surface area contributed by atoms with E-state index in [9.17, 15) is 13.2 Å². The van der Waals surface area contributed by atoms with Crippen molar-refractivity contribution in [1.82, 2.24) is 9.97 Å². The van der Waals surface area contributed by atoms with Gasteiger partial charge in [0.05, 0.1) is 0 Å². The second-order valence-corrected chi connectivity index (χ2v) is 5.26. The van der Waals surface area contributed by atoms with E-state index in [1.165, 1.54) is 0 Å². The van der Waals surface area contributed by atoms with Gasteiger partial charge in [0.2, 0.25) is 5.95 Å². The summed E-state index contributed by atoms with van der Waals surface area (Å²) in [5.41, 5.74) is 4.51. The molecule has 0 aliphatic heterocycles. The number of aromatic nitrogens is 2. The highest BCUT2D eigenvalue weighted by Gasteiger charge is 2.45. The Hall–Kier alpha value is -1.53. The minimum atomic E-state index is -4.51. The summed E-state index contributed by atoms with van der Waals surface area (Å²) in [6.45, 7) is 4.84. The monoisotopic (exact) mass is 260 g/mol. The van der Waals surface area contributed by atoms with Crippen LogP contribution >= 0.6 is 0 Å². The largest absolute Gasteiger partial charge is 0.433 e. The minimum absolute atomic E-state index is 0.123. The topological polar surface area (TPSA) is 63.8 Å². The first-order chi connectivity index (χ1) is 8.18. The molecule has 0 bridgehead atoms. The fourth-order valence-corrected chi connectivity index (χ4v) is 1.85.